The van der Waals surface area contributed by atoms with Crippen LogP contribution in [0.1, 0.15) is 37.4 Å². The van der Waals surface area contributed by atoms with Crippen molar-refractivity contribution in [3.8, 4) is 0 Å². The number of fused-ring (bicyclic) bond motifs is 1. The normalized spacial score (nSPS) is 21.1. The van der Waals surface area contributed by atoms with Crippen molar-refractivity contribution in [2.75, 3.05) is 6.61 Å². The third-order valence-corrected chi connectivity index (χ3v) is 3.55. The van der Waals surface area contributed by atoms with Crippen LogP contribution in [0.25, 0.3) is 0 Å². The molecule has 2 N–H and O–H groups in total. The summed E-state index contributed by atoms with van der Waals surface area (Å²) in [5.41, 5.74) is 2.88. The Balaban J connectivity index is 2.08. The minimum Gasteiger partial charge on any atom is -0.395 e. The van der Waals surface area contributed by atoms with Gasteiger partial charge in [-0.25, -0.2) is 0 Å². The second-order valence-corrected chi connectivity index (χ2v) is 4.99. The molecule has 0 spiro atoms. The van der Waals surface area contributed by atoms with E-state index in [2.05, 4.69) is 43.4 Å². The molecule has 2 atom stereocenters. The van der Waals surface area contributed by atoms with Crippen LogP contribution in [0.4, 0.5) is 0 Å². The second kappa shape index (κ2) is 4.98. The largest absolute Gasteiger partial charge is 0.395 e. The summed E-state index contributed by atoms with van der Waals surface area (Å²) in [5.74, 6) is 0.470. The molecule has 2 rings (SSSR count). The Morgan fingerprint density at radius 1 is 1.38 bits per heavy atom. The Labute approximate surface area is 97.7 Å². The lowest BCUT2D eigenvalue weighted by atomic mass is 10.0. The fourth-order valence-corrected chi connectivity index (χ4v) is 2.44. The summed E-state index contributed by atoms with van der Waals surface area (Å²) in [6.45, 7) is 4.51. The molecule has 16 heavy (non-hydrogen) atoms. The van der Waals surface area contributed by atoms with Gasteiger partial charge < -0.3 is 10.4 Å². The number of hydrogen-bond acceptors (Lipinski definition) is 2. The molecule has 0 amide bonds. The Hall–Kier alpha value is -0.860. The molecule has 2 nitrogen and oxygen atoms in total. The molecule has 0 aromatic heterocycles. The lowest BCUT2D eigenvalue weighted by Crippen LogP contribution is -2.38. The van der Waals surface area contributed by atoms with Crippen LogP contribution in [0, 0.1) is 5.92 Å². The van der Waals surface area contributed by atoms with Crippen molar-refractivity contribution in [1.29, 1.82) is 0 Å². The predicted octanol–water partition coefficient (Wildman–Crippen LogP) is 2.28. The second-order valence-electron chi connectivity index (χ2n) is 4.99. The van der Waals surface area contributed by atoms with Gasteiger partial charge in [0.2, 0.25) is 0 Å². The molecule has 0 heterocycles. The predicted molar refractivity (Wildman–Crippen MR) is 66.4 cm³/mol. The molecule has 0 saturated carbocycles. The van der Waals surface area contributed by atoms with Crippen LogP contribution < -0.4 is 5.32 Å². The van der Waals surface area contributed by atoms with Gasteiger partial charge in [-0.2, -0.15) is 0 Å². The van der Waals surface area contributed by atoms with Gasteiger partial charge in [0.15, 0.2) is 0 Å². The van der Waals surface area contributed by atoms with Crippen molar-refractivity contribution in [2.24, 2.45) is 5.92 Å². The highest BCUT2D eigenvalue weighted by Crippen LogP contribution is 2.31. The van der Waals surface area contributed by atoms with Gasteiger partial charge >= 0.3 is 0 Å². The highest BCUT2D eigenvalue weighted by Gasteiger charge is 2.24. The molecular formula is C14H21NO. The van der Waals surface area contributed by atoms with Gasteiger partial charge in [-0.05, 0) is 29.9 Å². The van der Waals surface area contributed by atoms with Gasteiger partial charge in [-0.1, -0.05) is 38.1 Å². The maximum atomic E-state index is 9.34. The van der Waals surface area contributed by atoms with Crippen molar-refractivity contribution >= 4 is 0 Å². The zero-order valence-electron chi connectivity index (χ0n) is 10.1. The SMILES string of the molecule is CC(C)C(CO)NC1CCc2ccccc21. The zero-order valence-corrected chi connectivity index (χ0v) is 10.1. The van der Waals surface area contributed by atoms with Gasteiger partial charge in [0, 0.05) is 12.1 Å². The highest BCUT2D eigenvalue weighted by atomic mass is 16.3. The smallest absolute Gasteiger partial charge is 0.0587 e. The molecule has 88 valence electrons. The van der Waals surface area contributed by atoms with Gasteiger partial charge in [-0.3, -0.25) is 0 Å². The Bertz CT molecular complexity index is 348. The Morgan fingerprint density at radius 2 is 2.12 bits per heavy atom. The fourth-order valence-electron chi connectivity index (χ4n) is 2.44. The zero-order chi connectivity index (χ0) is 11.5. The number of aryl methyl sites for hydroxylation is 1. The van der Waals surface area contributed by atoms with E-state index in [1.807, 2.05) is 0 Å². The molecule has 0 bridgehead atoms. The number of hydrogen-bond donors (Lipinski definition) is 2. The Morgan fingerprint density at radius 3 is 2.81 bits per heavy atom. The molecule has 0 saturated heterocycles. The Kier molecular flexibility index (Phi) is 3.62. The average Bonchev–Trinajstić information content (AvgIpc) is 2.69. The molecule has 1 aromatic carbocycles. The van der Waals surface area contributed by atoms with E-state index in [-0.39, 0.29) is 12.6 Å². The van der Waals surface area contributed by atoms with Crippen molar-refractivity contribution in [3.05, 3.63) is 35.4 Å². The van der Waals surface area contributed by atoms with Gasteiger partial charge in [0.1, 0.15) is 0 Å². The topological polar surface area (TPSA) is 32.3 Å². The molecule has 2 unspecified atom stereocenters. The minimum atomic E-state index is 0.205. The van der Waals surface area contributed by atoms with E-state index in [4.69, 9.17) is 0 Å². The van der Waals surface area contributed by atoms with Crippen LogP contribution in [0.2, 0.25) is 0 Å². The maximum absolute atomic E-state index is 9.34. The van der Waals surface area contributed by atoms with Gasteiger partial charge in [0.05, 0.1) is 6.61 Å². The first-order chi connectivity index (χ1) is 7.72. The van der Waals surface area contributed by atoms with Crippen LogP contribution in [0.5, 0.6) is 0 Å². The van der Waals surface area contributed by atoms with Crippen LogP contribution in [-0.4, -0.2) is 17.8 Å². The molecule has 1 aromatic rings. The van der Waals surface area contributed by atoms with E-state index in [9.17, 15) is 5.11 Å². The summed E-state index contributed by atoms with van der Waals surface area (Å²) in [4.78, 5) is 0. The fraction of sp³-hybridized carbons (Fsp3) is 0.571. The summed E-state index contributed by atoms with van der Waals surface area (Å²) in [6, 6.07) is 9.25. The van der Waals surface area contributed by atoms with E-state index < -0.39 is 0 Å². The standard InChI is InChI=1S/C14H21NO/c1-10(2)14(9-16)15-13-8-7-11-5-3-4-6-12(11)13/h3-6,10,13-16H,7-9H2,1-2H3. The monoisotopic (exact) mass is 219 g/mol. The molecule has 0 radical (unpaired) electrons. The van der Waals surface area contributed by atoms with E-state index in [1.165, 1.54) is 11.1 Å². The van der Waals surface area contributed by atoms with Crippen LogP contribution in [0.15, 0.2) is 24.3 Å². The van der Waals surface area contributed by atoms with E-state index in [0.717, 1.165) is 12.8 Å². The average molecular weight is 219 g/mol. The lowest BCUT2D eigenvalue weighted by molar-refractivity contribution is 0.199. The number of nitrogens with one attached hydrogen (secondary N) is 1. The third kappa shape index (κ3) is 2.28. The van der Waals surface area contributed by atoms with Gasteiger partial charge in [-0.15, -0.1) is 0 Å². The summed E-state index contributed by atoms with van der Waals surface area (Å²) in [6.07, 6.45) is 2.31. The van der Waals surface area contributed by atoms with Crippen molar-refractivity contribution in [1.82, 2.24) is 5.32 Å². The molecule has 2 heteroatoms. The van der Waals surface area contributed by atoms with E-state index in [1.54, 1.807) is 0 Å². The lowest BCUT2D eigenvalue weighted by Gasteiger charge is -2.25. The van der Waals surface area contributed by atoms with Crippen molar-refractivity contribution in [3.63, 3.8) is 0 Å². The number of aliphatic hydroxyl groups is 1. The van der Waals surface area contributed by atoms with Crippen molar-refractivity contribution in [2.45, 2.75) is 38.8 Å². The third-order valence-electron chi connectivity index (χ3n) is 3.55. The summed E-state index contributed by atoms with van der Waals surface area (Å²) >= 11 is 0. The first kappa shape index (κ1) is 11.6. The molecule has 1 aliphatic carbocycles. The number of aliphatic hydroxyl groups excluding tert-OH is 1. The molecule has 0 aliphatic heterocycles. The van der Waals surface area contributed by atoms with Gasteiger partial charge in [0.25, 0.3) is 0 Å². The first-order valence-electron chi connectivity index (χ1n) is 6.17. The summed E-state index contributed by atoms with van der Waals surface area (Å²) < 4.78 is 0. The van der Waals surface area contributed by atoms with Crippen LogP contribution in [0.3, 0.4) is 0 Å². The van der Waals surface area contributed by atoms with Crippen LogP contribution in [-0.2, 0) is 6.42 Å². The summed E-state index contributed by atoms with van der Waals surface area (Å²) in [7, 11) is 0. The molecule has 0 fully saturated rings. The molecule has 1 aliphatic rings. The quantitative estimate of drug-likeness (QED) is 0.814. The summed E-state index contributed by atoms with van der Waals surface area (Å²) in [5, 5.41) is 12.9. The van der Waals surface area contributed by atoms with E-state index in [0.29, 0.717) is 12.0 Å². The first-order valence-corrected chi connectivity index (χ1v) is 6.17. The molecular weight excluding hydrogens is 198 g/mol. The van der Waals surface area contributed by atoms with Crippen LogP contribution >= 0.6 is 0 Å². The number of benzene rings is 1. The van der Waals surface area contributed by atoms with Crippen molar-refractivity contribution < 1.29 is 5.11 Å². The maximum Gasteiger partial charge on any atom is 0.0587 e. The van der Waals surface area contributed by atoms with E-state index >= 15 is 0 Å². The minimum absolute atomic E-state index is 0.205. The highest BCUT2D eigenvalue weighted by molar-refractivity contribution is 5.34. The number of rotatable bonds is 4.